The monoisotopic (exact) mass is 343 g/mol. The van der Waals surface area contributed by atoms with Gasteiger partial charge in [0.2, 0.25) is 0 Å². The summed E-state index contributed by atoms with van der Waals surface area (Å²) in [5, 5.41) is 11.1. The van der Waals surface area contributed by atoms with E-state index in [4.69, 9.17) is 10.5 Å². The van der Waals surface area contributed by atoms with Gasteiger partial charge in [-0.2, -0.15) is 0 Å². The Kier molecular flexibility index (Phi) is 6.78. The van der Waals surface area contributed by atoms with Gasteiger partial charge < -0.3 is 15.4 Å². The van der Waals surface area contributed by atoms with E-state index in [1.165, 1.54) is 19.2 Å². The predicted octanol–water partition coefficient (Wildman–Crippen LogP) is 2.22. The highest BCUT2D eigenvalue weighted by atomic mass is 35.5. The predicted molar refractivity (Wildman–Crippen MR) is 89.2 cm³/mol. The van der Waals surface area contributed by atoms with Crippen LogP contribution in [0.4, 0.5) is 5.69 Å². The maximum Gasteiger partial charge on any atom is 0.311 e. The van der Waals surface area contributed by atoms with Gasteiger partial charge >= 0.3 is 5.69 Å². The molecule has 0 saturated carbocycles. The first-order valence-electron chi connectivity index (χ1n) is 7.31. The highest BCUT2D eigenvalue weighted by Gasteiger charge is 2.28. The van der Waals surface area contributed by atoms with Crippen LogP contribution in [0.3, 0.4) is 0 Å². The number of benzene rings is 1. The number of halogens is 1. The molecule has 23 heavy (non-hydrogen) atoms. The highest BCUT2D eigenvalue weighted by molar-refractivity contribution is 5.95. The minimum Gasteiger partial charge on any atom is -0.490 e. The molecule has 0 bridgehead atoms. The molecule has 1 aromatic carbocycles. The minimum atomic E-state index is -0.545. The molecule has 0 spiro atoms. The number of hydrogen-bond acceptors (Lipinski definition) is 5. The van der Waals surface area contributed by atoms with Crippen molar-refractivity contribution in [1.29, 1.82) is 0 Å². The molecule has 128 valence electrons. The summed E-state index contributed by atoms with van der Waals surface area (Å²) >= 11 is 0. The Labute approximate surface area is 141 Å². The van der Waals surface area contributed by atoms with E-state index in [1.807, 2.05) is 6.92 Å². The number of carbonyl (C=O) groups excluding carboxylic acids is 1. The van der Waals surface area contributed by atoms with Gasteiger partial charge in [0, 0.05) is 30.8 Å². The normalized spacial score (nSPS) is 18.7. The molecule has 1 heterocycles. The molecule has 0 radical (unpaired) electrons. The van der Waals surface area contributed by atoms with Gasteiger partial charge in [-0.3, -0.25) is 14.9 Å². The Morgan fingerprint density at radius 3 is 2.78 bits per heavy atom. The smallest absolute Gasteiger partial charge is 0.311 e. The molecule has 1 aliphatic heterocycles. The average Bonchev–Trinajstić information content (AvgIpc) is 2.53. The lowest BCUT2D eigenvalue weighted by Gasteiger charge is -2.34. The second kappa shape index (κ2) is 8.12. The van der Waals surface area contributed by atoms with Crippen LogP contribution in [-0.2, 0) is 0 Å². The first-order chi connectivity index (χ1) is 10.4. The zero-order valence-corrected chi connectivity index (χ0v) is 14.0. The van der Waals surface area contributed by atoms with E-state index in [0.717, 1.165) is 12.8 Å². The molecule has 1 fully saturated rings. The van der Waals surface area contributed by atoms with E-state index in [1.54, 1.807) is 11.0 Å². The molecule has 0 aliphatic carbocycles. The van der Waals surface area contributed by atoms with E-state index < -0.39 is 4.92 Å². The number of hydrogen-bond donors (Lipinski definition) is 1. The topological polar surface area (TPSA) is 98.7 Å². The molecular weight excluding hydrogens is 322 g/mol. The maximum absolute atomic E-state index is 12.6. The summed E-state index contributed by atoms with van der Waals surface area (Å²) < 4.78 is 4.95. The van der Waals surface area contributed by atoms with Crippen LogP contribution in [0.1, 0.15) is 30.1 Å². The molecule has 1 aliphatic rings. The van der Waals surface area contributed by atoms with Gasteiger partial charge in [-0.05, 0) is 37.8 Å². The Bertz CT molecular complexity index is 580. The molecular formula is C15H22ClN3O4. The number of nitro groups is 1. The largest absolute Gasteiger partial charge is 0.490 e. The van der Waals surface area contributed by atoms with Crippen molar-refractivity contribution in [2.45, 2.75) is 25.8 Å². The van der Waals surface area contributed by atoms with Gasteiger partial charge in [0.1, 0.15) is 0 Å². The molecule has 1 amide bonds. The van der Waals surface area contributed by atoms with Gasteiger partial charge in [-0.15, -0.1) is 12.4 Å². The SMILES string of the molecule is COc1ccc(C(=O)N2CCCC(C(C)N)C2)cc1[N+](=O)[O-].Cl. The molecule has 2 N–H and O–H groups in total. The van der Waals surface area contributed by atoms with E-state index in [2.05, 4.69) is 0 Å². The van der Waals surface area contributed by atoms with Crippen LogP contribution >= 0.6 is 12.4 Å². The number of carbonyl (C=O) groups is 1. The van der Waals surface area contributed by atoms with E-state index >= 15 is 0 Å². The third-order valence-corrected chi connectivity index (χ3v) is 4.11. The third kappa shape index (κ3) is 4.33. The Morgan fingerprint density at radius 2 is 2.22 bits per heavy atom. The third-order valence-electron chi connectivity index (χ3n) is 4.11. The van der Waals surface area contributed by atoms with Crippen LogP contribution < -0.4 is 10.5 Å². The van der Waals surface area contributed by atoms with Crippen LogP contribution in [0.2, 0.25) is 0 Å². The molecule has 1 aromatic rings. The maximum atomic E-state index is 12.6. The van der Waals surface area contributed by atoms with E-state index in [9.17, 15) is 14.9 Å². The van der Waals surface area contributed by atoms with Crippen LogP contribution in [0.25, 0.3) is 0 Å². The first kappa shape index (κ1) is 19.2. The summed E-state index contributed by atoms with van der Waals surface area (Å²) in [5.41, 5.74) is 6.03. The van der Waals surface area contributed by atoms with Crippen molar-refractivity contribution >= 4 is 24.0 Å². The second-order valence-electron chi connectivity index (χ2n) is 5.66. The van der Waals surface area contributed by atoms with E-state index in [0.29, 0.717) is 18.7 Å². The van der Waals surface area contributed by atoms with Crippen molar-refractivity contribution in [3.05, 3.63) is 33.9 Å². The average molecular weight is 344 g/mol. The van der Waals surface area contributed by atoms with Crippen LogP contribution in [0.15, 0.2) is 18.2 Å². The summed E-state index contributed by atoms with van der Waals surface area (Å²) in [7, 11) is 1.36. The summed E-state index contributed by atoms with van der Waals surface area (Å²) in [4.78, 5) is 24.8. The minimum absolute atomic E-state index is 0. The fourth-order valence-corrected chi connectivity index (χ4v) is 2.77. The lowest BCUT2D eigenvalue weighted by Crippen LogP contribution is -2.45. The van der Waals surface area contributed by atoms with Gasteiger partial charge in [0.05, 0.1) is 12.0 Å². The molecule has 2 rings (SSSR count). The Hall–Kier alpha value is -1.86. The van der Waals surface area contributed by atoms with Crippen LogP contribution in [0.5, 0.6) is 5.75 Å². The zero-order valence-electron chi connectivity index (χ0n) is 13.2. The number of amides is 1. The van der Waals surface area contributed by atoms with Crippen molar-refractivity contribution in [2.24, 2.45) is 11.7 Å². The lowest BCUT2D eigenvalue weighted by molar-refractivity contribution is -0.385. The fraction of sp³-hybridized carbons (Fsp3) is 0.533. The zero-order chi connectivity index (χ0) is 16.3. The first-order valence-corrected chi connectivity index (χ1v) is 7.31. The Balaban J connectivity index is 0.00000264. The molecule has 1 saturated heterocycles. The standard InChI is InChI=1S/C15H21N3O4.ClH/c1-10(16)12-4-3-7-17(9-12)15(19)11-5-6-14(22-2)13(8-11)18(20)21;/h5-6,8,10,12H,3-4,7,9,16H2,1-2H3;1H. The summed E-state index contributed by atoms with van der Waals surface area (Å²) in [5.74, 6) is 0.218. The number of piperidine rings is 1. The van der Waals surface area contributed by atoms with Crippen LogP contribution in [-0.4, -0.2) is 42.0 Å². The summed E-state index contributed by atoms with van der Waals surface area (Å²) in [6.45, 7) is 3.19. The van der Waals surface area contributed by atoms with Crippen molar-refractivity contribution in [3.8, 4) is 5.75 Å². The van der Waals surface area contributed by atoms with Gasteiger partial charge in [-0.1, -0.05) is 0 Å². The van der Waals surface area contributed by atoms with Gasteiger partial charge in [0.15, 0.2) is 5.75 Å². The second-order valence-corrected chi connectivity index (χ2v) is 5.66. The molecule has 0 aromatic heterocycles. The highest BCUT2D eigenvalue weighted by Crippen LogP contribution is 2.29. The van der Waals surface area contributed by atoms with Crippen molar-refractivity contribution in [3.63, 3.8) is 0 Å². The van der Waals surface area contributed by atoms with E-state index in [-0.39, 0.29) is 41.7 Å². The van der Waals surface area contributed by atoms with Gasteiger partial charge in [0.25, 0.3) is 5.91 Å². The molecule has 2 unspecified atom stereocenters. The molecule has 2 atom stereocenters. The van der Waals surface area contributed by atoms with Crippen molar-refractivity contribution in [2.75, 3.05) is 20.2 Å². The number of rotatable bonds is 4. The number of nitrogens with two attached hydrogens (primary N) is 1. The van der Waals surface area contributed by atoms with Crippen molar-refractivity contribution < 1.29 is 14.5 Å². The fourth-order valence-electron chi connectivity index (χ4n) is 2.77. The van der Waals surface area contributed by atoms with Crippen LogP contribution in [0, 0.1) is 16.0 Å². The van der Waals surface area contributed by atoms with Crippen molar-refractivity contribution in [1.82, 2.24) is 4.90 Å². The Morgan fingerprint density at radius 1 is 1.52 bits per heavy atom. The number of nitro benzene ring substituents is 1. The number of likely N-dealkylation sites (tertiary alicyclic amines) is 1. The summed E-state index contributed by atoms with van der Waals surface area (Å²) in [6, 6.07) is 4.32. The number of methoxy groups -OCH3 is 1. The molecule has 7 nitrogen and oxygen atoms in total. The number of nitrogens with zero attached hydrogens (tertiary/aromatic N) is 2. The molecule has 8 heteroatoms. The quantitative estimate of drug-likeness (QED) is 0.667. The number of ether oxygens (including phenoxy) is 1. The lowest BCUT2D eigenvalue weighted by atomic mass is 9.92. The summed E-state index contributed by atoms with van der Waals surface area (Å²) in [6.07, 6.45) is 1.90. The van der Waals surface area contributed by atoms with Gasteiger partial charge in [-0.25, -0.2) is 0 Å².